The minimum atomic E-state index is -0.418. The van der Waals surface area contributed by atoms with Crippen molar-refractivity contribution in [3.8, 4) is 6.07 Å². The van der Waals surface area contributed by atoms with Gasteiger partial charge in [0.15, 0.2) is 0 Å². The molecule has 0 radical (unpaired) electrons. The Hall–Kier alpha value is -3.13. The van der Waals surface area contributed by atoms with Gasteiger partial charge in [0.25, 0.3) is 0 Å². The topological polar surface area (TPSA) is 82.0 Å². The fraction of sp³-hybridized carbons (Fsp3) is 0. The summed E-state index contributed by atoms with van der Waals surface area (Å²) in [6.07, 6.45) is 0.733. The lowest BCUT2D eigenvalue weighted by molar-refractivity contribution is 0.112. The molecule has 98 valence electrons. The van der Waals surface area contributed by atoms with E-state index in [-0.39, 0.29) is 0 Å². The van der Waals surface area contributed by atoms with Gasteiger partial charge in [0, 0.05) is 16.9 Å². The molecule has 0 bridgehead atoms. The average molecular weight is 265 g/mol. The van der Waals surface area contributed by atoms with Crippen molar-refractivity contribution in [2.45, 2.75) is 0 Å². The standard InChI is InChI=1S/C15H11N3O2/c16-9-12-2-1-3-14(8-12)18-15(20)17-13-6-4-11(10-19)5-7-13/h1-8,10H,(H2,17,18,20). The molecule has 0 aromatic heterocycles. The third kappa shape index (κ3) is 3.43. The summed E-state index contributed by atoms with van der Waals surface area (Å²) >= 11 is 0. The maximum Gasteiger partial charge on any atom is 0.323 e. The Morgan fingerprint density at radius 3 is 2.40 bits per heavy atom. The molecule has 0 spiro atoms. The SMILES string of the molecule is N#Cc1cccc(NC(=O)Nc2ccc(C=O)cc2)c1. The molecule has 0 heterocycles. The summed E-state index contributed by atoms with van der Waals surface area (Å²) in [5, 5.41) is 14.0. The van der Waals surface area contributed by atoms with Crippen molar-refractivity contribution in [3.05, 3.63) is 59.7 Å². The minimum Gasteiger partial charge on any atom is -0.308 e. The number of aldehydes is 1. The van der Waals surface area contributed by atoms with Crippen LogP contribution in [0.3, 0.4) is 0 Å². The monoisotopic (exact) mass is 265 g/mol. The summed E-state index contributed by atoms with van der Waals surface area (Å²) < 4.78 is 0. The number of hydrogen-bond acceptors (Lipinski definition) is 3. The predicted molar refractivity (Wildman–Crippen MR) is 75.6 cm³/mol. The fourth-order valence-corrected chi connectivity index (χ4v) is 1.60. The molecule has 5 heteroatoms. The second-order valence-corrected chi connectivity index (χ2v) is 4.01. The van der Waals surface area contributed by atoms with Gasteiger partial charge in [-0.3, -0.25) is 4.79 Å². The summed E-state index contributed by atoms with van der Waals surface area (Å²) in [6.45, 7) is 0. The Kier molecular flexibility index (Phi) is 4.10. The van der Waals surface area contributed by atoms with E-state index in [0.29, 0.717) is 22.5 Å². The zero-order chi connectivity index (χ0) is 14.4. The smallest absolute Gasteiger partial charge is 0.308 e. The van der Waals surface area contributed by atoms with E-state index in [2.05, 4.69) is 10.6 Å². The van der Waals surface area contributed by atoms with Crippen LogP contribution in [0.5, 0.6) is 0 Å². The van der Waals surface area contributed by atoms with Crippen molar-refractivity contribution in [2.24, 2.45) is 0 Å². The molecule has 2 aromatic carbocycles. The first-order chi connectivity index (χ1) is 9.71. The highest BCUT2D eigenvalue weighted by atomic mass is 16.2. The van der Waals surface area contributed by atoms with Gasteiger partial charge in [-0.2, -0.15) is 5.26 Å². The number of nitrogens with one attached hydrogen (secondary N) is 2. The van der Waals surface area contributed by atoms with Gasteiger partial charge in [-0.1, -0.05) is 6.07 Å². The molecular weight excluding hydrogens is 254 g/mol. The summed E-state index contributed by atoms with van der Waals surface area (Å²) in [5.74, 6) is 0. The lowest BCUT2D eigenvalue weighted by Gasteiger charge is -2.07. The van der Waals surface area contributed by atoms with Crippen molar-refractivity contribution in [3.63, 3.8) is 0 Å². The van der Waals surface area contributed by atoms with Crippen molar-refractivity contribution >= 4 is 23.7 Å². The zero-order valence-corrected chi connectivity index (χ0v) is 10.5. The third-order valence-electron chi connectivity index (χ3n) is 2.55. The normalized spacial score (nSPS) is 9.35. The molecule has 5 nitrogen and oxygen atoms in total. The number of rotatable bonds is 3. The zero-order valence-electron chi connectivity index (χ0n) is 10.5. The predicted octanol–water partition coefficient (Wildman–Crippen LogP) is 3.01. The van der Waals surface area contributed by atoms with E-state index in [9.17, 15) is 9.59 Å². The second kappa shape index (κ2) is 6.16. The average Bonchev–Trinajstić information content (AvgIpc) is 2.48. The van der Waals surface area contributed by atoms with Gasteiger partial charge in [-0.05, 0) is 42.5 Å². The molecule has 0 fully saturated rings. The molecule has 0 saturated carbocycles. The van der Waals surface area contributed by atoms with Gasteiger partial charge in [0.05, 0.1) is 11.6 Å². The molecule has 20 heavy (non-hydrogen) atoms. The molecule has 0 saturated heterocycles. The summed E-state index contributed by atoms with van der Waals surface area (Å²) in [6, 6.07) is 14.7. The minimum absolute atomic E-state index is 0.418. The first-order valence-corrected chi connectivity index (χ1v) is 5.84. The van der Waals surface area contributed by atoms with Crippen LogP contribution in [-0.4, -0.2) is 12.3 Å². The van der Waals surface area contributed by atoms with Crippen LogP contribution in [0.4, 0.5) is 16.2 Å². The number of benzene rings is 2. The largest absolute Gasteiger partial charge is 0.323 e. The number of hydrogen-bond donors (Lipinski definition) is 2. The highest BCUT2D eigenvalue weighted by Gasteiger charge is 2.03. The van der Waals surface area contributed by atoms with E-state index < -0.39 is 6.03 Å². The van der Waals surface area contributed by atoms with Crippen LogP contribution < -0.4 is 10.6 Å². The summed E-state index contributed by atoms with van der Waals surface area (Å²) in [4.78, 5) is 22.3. The Morgan fingerprint density at radius 2 is 1.75 bits per heavy atom. The molecular formula is C15H11N3O2. The van der Waals surface area contributed by atoms with E-state index in [1.165, 1.54) is 0 Å². The van der Waals surface area contributed by atoms with E-state index in [1.54, 1.807) is 48.5 Å². The molecule has 0 aliphatic rings. The van der Waals surface area contributed by atoms with Crippen molar-refractivity contribution < 1.29 is 9.59 Å². The van der Waals surface area contributed by atoms with Gasteiger partial charge in [-0.25, -0.2) is 4.79 Å². The van der Waals surface area contributed by atoms with E-state index in [1.807, 2.05) is 6.07 Å². The number of nitriles is 1. The lowest BCUT2D eigenvalue weighted by atomic mass is 10.2. The van der Waals surface area contributed by atoms with Crippen molar-refractivity contribution in [1.82, 2.24) is 0 Å². The number of amides is 2. The van der Waals surface area contributed by atoms with Gasteiger partial charge < -0.3 is 10.6 Å². The van der Waals surface area contributed by atoms with Crippen LogP contribution in [0.1, 0.15) is 15.9 Å². The highest BCUT2D eigenvalue weighted by molar-refractivity contribution is 5.99. The molecule has 2 N–H and O–H groups in total. The Morgan fingerprint density at radius 1 is 1.05 bits per heavy atom. The van der Waals surface area contributed by atoms with Crippen molar-refractivity contribution in [1.29, 1.82) is 5.26 Å². The molecule has 0 aliphatic heterocycles. The van der Waals surface area contributed by atoms with Crippen LogP contribution in [0.15, 0.2) is 48.5 Å². The molecule has 0 unspecified atom stereocenters. The Balaban J connectivity index is 2.01. The first-order valence-electron chi connectivity index (χ1n) is 5.84. The van der Waals surface area contributed by atoms with Gasteiger partial charge >= 0.3 is 6.03 Å². The summed E-state index contributed by atoms with van der Waals surface area (Å²) in [5.41, 5.74) is 2.12. The van der Waals surface area contributed by atoms with Crippen LogP contribution in [0.25, 0.3) is 0 Å². The number of carbonyl (C=O) groups excluding carboxylic acids is 2. The first kappa shape index (κ1) is 13.3. The quantitative estimate of drug-likeness (QED) is 0.837. The van der Waals surface area contributed by atoms with E-state index in [0.717, 1.165) is 6.29 Å². The number of carbonyl (C=O) groups is 2. The molecule has 2 rings (SSSR count). The lowest BCUT2D eigenvalue weighted by Crippen LogP contribution is -2.19. The highest BCUT2D eigenvalue weighted by Crippen LogP contribution is 2.12. The Bertz CT molecular complexity index is 672. The maximum atomic E-state index is 11.8. The van der Waals surface area contributed by atoms with Crippen molar-refractivity contribution in [2.75, 3.05) is 10.6 Å². The fourth-order valence-electron chi connectivity index (χ4n) is 1.60. The second-order valence-electron chi connectivity index (χ2n) is 4.01. The van der Waals surface area contributed by atoms with Crippen LogP contribution in [0.2, 0.25) is 0 Å². The van der Waals surface area contributed by atoms with Crippen LogP contribution >= 0.6 is 0 Å². The summed E-state index contributed by atoms with van der Waals surface area (Å²) in [7, 11) is 0. The van der Waals surface area contributed by atoms with Gasteiger partial charge in [0.1, 0.15) is 6.29 Å². The third-order valence-corrected chi connectivity index (χ3v) is 2.55. The van der Waals surface area contributed by atoms with E-state index >= 15 is 0 Å². The molecule has 2 amide bonds. The Labute approximate surface area is 115 Å². The van der Waals surface area contributed by atoms with Crippen LogP contribution in [0, 0.1) is 11.3 Å². The van der Waals surface area contributed by atoms with Crippen LogP contribution in [-0.2, 0) is 0 Å². The molecule has 2 aromatic rings. The number of anilines is 2. The maximum absolute atomic E-state index is 11.8. The van der Waals surface area contributed by atoms with E-state index in [4.69, 9.17) is 5.26 Å². The number of nitrogens with zero attached hydrogens (tertiary/aromatic N) is 1. The molecule has 0 atom stereocenters. The van der Waals surface area contributed by atoms with Gasteiger partial charge in [0.2, 0.25) is 0 Å². The number of urea groups is 1. The molecule has 0 aliphatic carbocycles. The van der Waals surface area contributed by atoms with Gasteiger partial charge in [-0.15, -0.1) is 0 Å².